The predicted molar refractivity (Wildman–Crippen MR) is 48.0 cm³/mol. The van der Waals surface area contributed by atoms with E-state index < -0.39 is 0 Å². The van der Waals surface area contributed by atoms with Crippen molar-refractivity contribution in [3.05, 3.63) is 0 Å². The van der Waals surface area contributed by atoms with Crippen molar-refractivity contribution in [2.75, 3.05) is 19.6 Å². The van der Waals surface area contributed by atoms with E-state index in [0.29, 0.717) is 5.92 Å². The lowest BCUT2D eigenvalue weighted by Crippen LogP contribution is -2.37. The van der Waals surface area contributed by atoms with Crippen LogP contribution in [0.2, 0.25) is 0 Å². The van der Waals surface area contributed by atoms with Crippen LogP contribution < -0.4 is 0 Å². The van der Waals surface area contributed by atoms with Crippen molar-refractivity contribution >= 4 is 6.29 Å². The van der Waals surface area contributed by atoms with Crippen molar-refractivity contribution in [1.29, 1.82) is 0 Å². The number of rotatable bonds is 3. The highest BCUT2D eigenvalue weighted by atomic mass is 16.1. The van der Waals surface area contributed by atoms with Gasteiger partial charge in [-0.1, -0.05) is 0 Å². The second kappa shape index (κ2) is 3.56. The Morgan fingerprint density at radius 3 is 2.83 bits per heavy atom. The van der Waals surface area contributed by atoms with Gasteiger partial charge in [-0.25, -0.2) is 0 Å². The molecule has 2 aliphatic rings. The Hall–Kier alpha value is -0.370. The lowest BCUT2D eigenvalue weighted by molar-refractivity contribution is -0.112. The molecule has 68 valence electrons. The molecular formula is C10H17NO. The Morgan fingerprint density at radius 2 is 2.17 bits per heavy atom. The molecule has 0 N–H and O–H groups in total. The van der Waals surface area contributed by atoms with Gasteiger partial charge in [-0.3, -0.25) is 0 Å². The van der Waals surface area contributed by atoms with Crippen LogP contribution in [-0.4, -0.2) is 30.8 Å². The SMILES string of the molecule is O=C[C@H]1CCCN(CC2CC2)C1. The number of aldehydes is 1. The van der Waals surface area contributed by atoms with E-state index in [4.69, 9.17) is 0 Å². The fraction of sp³-hybridized carbons (Fsp3) is 0.900. The van der Waals surface area contributed by atoms with Crippen molar-refractivity contribution < 1.29 is 4.79 Å². The first-order chi connectivity index (χ1) is 5.88. The van der Waals surface area contributed by atoms with E-state index in [1.54, 1.807) is 0 Å². The highest BCUT2D eigenvalue weighted by Gasteiger charge is 2.27. The number of piperidine rings is 1. The number of carbonyl (C=O) groups excluding carboxylic acids is 1. The number of hydrogen-bond acceptors (Lipinski definition) is 2. The van der Waals surface area contributed by atoms with Crippen molar-refractivity contribution in [1.82, 2.24) is 4.90 Å². The monoisotopic (exact) mass is 167 g/mol. The first-order valence-electron chi connectivity index (χ1n) is 5.06. The van der Waals surface area contributed by atoms with Gasteiger partial charge in [0.2, 0.25) is 0 Å². The van der Waals surface area contributed by atoms with Crippen LogP contribution in [0.1, 0.15) is 25.7 Å². The van der Waals surface area contributed by atoms with E-state index in [9.17, 15) is 4.79 Å². The summed E-state index contributed by atoms with van der Waals surface area (Å²) in [6.07, 6.45) is 6.31. The fourth-order valence-electron chi connectivity index (χ4n) is 2.03. The summed E-state index contributed by atoms with van der Waals surface area (Å²) in [6, 6.07) is 0. The van der Waals surface area contributed by atoms with Gasteiger partial charge in [0.1, 0.15) is 6.29 Å². The van der Waals surface area contributed by atoms with Crippen molar-refractivity contribution in [2.24, 2.45) is 11.8 Å². The molecular weight excluding hydrogens is 150 g/mol. The van der Waals surface area contributed by atoms with E-state index >= 15 is 0 Å². The lowest BCUT2D eigenvalue weighted by atomic mass is 9.99. The third kappa shape index (κ3) is 2.07. The summed E-state index contributed by atoms with van der Waals surface area (Å²) in [5, 5.41) is 0. The lowest BCUT2D eigenvalue weighted by Gasteiger charge is -2.29. The summed E-state index contributed by atoms with van der Waals surface area (Å²) < 4.78 is 0. The largest absolute Gasteiger partial charge is 0.303 e. The van der Waals surface area contributed by atoms with E-state index in [1.807, 2.05) is 0 Å². The third-order valence-corrected chi connectivity index (χ3v) is 2.95. The van der Waals surface area contributed by atoms with Crippen LogP contribution in [0.15, 0.2) is 0 Å². The molecule has 2 rings (SSSR count). The smallest absolute Gasteiger partial charge is 0.124 e. The topological polar surface area (TPSA) is 20.3 Å². The maximum atomic E-state index is 10.6. The fourth-order valence-corrected chi connectivity index (χ4v) is 2.03. The van der Waals surface area contributed by atoms with Gasteiger partial charge in [0.25, 0.3) is 0 Å². The molecule has 2 fully saturated rings. The van der Waals surface area contributed by atoms with Gasteiger partial charge in [0.05, 0.1) is 0 Å². The zero-order valence-electron chi connectivity index (χ0n) is 7.54. The first-order valence-corrected chi connectivity index (χ1v) is 5.06. The summed E-state index contributed by atoms with van der Waals surface area (Å²) in [6.45, 7) is 3.51. The van der Waals surface area contributed by atoms with Crippen molar-refractivity contribution in [3.63, 3.8) is 0 Å². The normalized spacial score (nSPS) is 31.8. The van der Waals surface area contributed by atoms with E-state index in [-0.39, 0.29) is 0 Å². The summed E-state index contributed by atoms with van der Waals surface area (Å²) in [4.78, 5) is 13.1. The maximum absolute atomic E-state index is 10.6. The molecule has 1 saturated heterocycles. The van der Waals surface area contributed by atoms with Crippen LogP contribution in [0.4, 0.5) is 0 Å². The van der Waals surface area contributed by atoms with Crippen LogP contribution in [0.25, 0.3) is 0 Å². The van der Waals surface area contributed by atoms with Crippen LogP contribution >= 0.6 is 0 Å². The Kier molecular flexibility index (Phi) is 2.45. The average molecular weight is 167 g/mol. The van der Waals surface area contributed by atoms with E-state index in [0.717, 1.165) is 25.2 Å². The van der Waals surface area contributed by atoms with Crippen LogP contribution in [-0.2, 0) is 4.79 Å². The quantitative estimate of drug-likeness (QED) is 0.591. The number of hydrogen-bond donors (Lipinski definition) is 0. The molecule has 1 aliphatic carbocycles. The Balaban J connectivity index is 1.76. The second-order valence-corrected chi connectivity index (χ2v) is 4.24. The predicted octanol–water partition coefficient (Wildman–Crippen LogP) is 1.31. The molecule has 0 aromatic heterocycles. The van der Waals surface area contributed by atoms with Gasteiger partial charge in [-0.05, 0) is 38.1 Å². The minimum atomic E-state index is 0.331. The van der Waals surface area contributed by atoms with Gasteiger partial charge >= 0.3 is 0 Å². The zero-order chi connectivity index (χ0) is 8.39. The summed E-state index contributed by atoms with van der Waals surface area (Å²) in [5.41, 5.74) is 0. The van der Waals surface area contributed by atoms with E-state index in [1.165, 1.54) is 32.4 Å². The Bertz CT molecular complexity index is 165. The van der Waals surface area contributed by atoms with Crippen molar-refractivity contribution in [2.45, 2.75) is 25.7 Å². The average Bonchev–Trinajstić information content (AvgIpc) is 2.89. The minimum absolute atomic E-state index is 0.331. The molecule has 2 heteroatoms. The first kappa shape index (κ1) is 8.24. The van der Waals surface area contributed by atoms with Gasteiger partial charge in [0, 0.05) is 19.0 Å². The second-order valence-electron chi connectivity index (χ2n) is 4.24. The highest BCUT2D eigenvalue weighted by molar-refractivity contribution is 5.53. The molecule has 1 saturated carbocycles. The summed E-state index contributed by atoms with van der Waals surface area (Å²) in [7, 11) is 0. The Labute approximate surface area is 73.9 Å². The molecule has 1 aliphatic heterocycles. The van der Waals surface area contributed by atoms with Gasteiger partial charge in [-0.15, -0.1) is 0 Å². The molecule has 0 spiro atoms. The minimum Gasteiger partial charge on any atom is -0.303 e. The molecule has 0 bridgehead atoms. The maximum Gasteiger partial charge on any atom is 0.124 e. The van der Waals surface area contributed by atoms with E-state index in [2.05, 4.69) is 4.90 Å². The van der Waals surface area contributed by atoms with Gasteiger partial charge < -0.3 is 9.69 Å². The van der Waals surface area contributed by atoms with Gasteiger partial charge in [0.15, 0.2) is 0 Å². The summed E-state index contributed by atoms with van der Waals surface area (Å²) >= 11 is 0. The van der Waals surface area contributed by atoms with Crippen LogP contribution in [0, 0.1) is 11.8 Å². The molecule has 12 heavy (non-hydrogen) atoms. The molecule has 2 nitrogen and oxygen atoms in total. The molecule has 0 radical (unpaired) electrons. The van der Waals surface area contributed by atoms with Gasteiger partial charge in [-0.2, -0.15) is 0 Å². The number of likely N-dealkylation sites (tertiary alicyclic amines) is 1. The standard InChI is InChI=1S/C10H17NO/c12-8-10-2-1-5-11(7-10)6-9-3-4-9/h8-10H,1-7H2/t10-/m0/s1. The number of nitrogens with zero attached hydrogens (tertiary/aromatic N) is 1. The number of carbonyl (C=O) groups is 1. The molecule has 0 amide bonds. The van der Waals surface area contributed by atoms with Crippen LogP contribution in [0.3, 0.4) is 0 Å². The molecule has 0 unspecified atom stereocenters. The molecule has 1 heterocycles. The summed E-state index contributed by atoms with van der Waals surface area (Å²) in [5.74, 6) is 1.30. The molecule has 1 atom stereocenters. The molecule has 0 aromatic rings. The Morgan fingerprint density at radius 1 is 1.33 bits per heavy atom. The van der Waals surface area contributed by atoms with Crippen LogP contribution in [0.5, 0.6) is 0 Å². The van der Waals surface area contributed by atoms with Crippen molar-refractivity contribution in [3.8, 4) is 0 Å². The highest BCUT2D eigenvalue weighted by Crippen LogP contribution is 2.30. The zero-order valence-corrected chi connectivity index (χ0v) is 7.54. The molecule has 0 aromatic carbocycles. The third-order valence-electron chi connectivity index (χ3n) is 2.95.